The van der Waals surface area contributed by atoms with Gasteiger partial charge in [-0.25, -0.2) is 0 Å². The van der Waals surface area contributed by atoms with Crippen LogP contribution in [0.5, 0.6) is 17.2 Å². The summed E-state index contributed by atoms with van der Waals surface area (Å²) in [5, 5.41) is 0. The minimum Gasteiger partial charge on any atom is -0.493 e. The number of hydrogen-bond donors (Lipinski definition) is 0. The van der Waals surface area contributed by atoms with Gasteiger partial charge in [0.15, 0.2) is 11.5 Å². The number of methoxy groups -OCH3 is 2. The molecule has 0 N–H and O–H groups in total. The molecule has 28 heavy (non-hydrogen) atoms. The van der Waals surface area contributed by atoms with E-state index in [9.17, 15) is 9.59 Å². The van der Waals surface area contributed by atoms with E-state index in [1.165, 1.54) is 52.9 Å². The standard InChI is InChI=1S/C22H33NO5/c1-6-7-8-9-10-11-14-23(3)21(25)13-12-18-15-19(26-4)22(28-17(2)24)20(16-18)27-5/h12-13,15-16H,6-11,14H2,1-5H3/b13-12+. The highest BCUT2D eigenvalue weighted by atomic mass is 16.6. The third-order valence-electron chi connectivity index (χ3n) is 4.37. The average Bonchev–Trinajstić information content (AvgIpc) is 2.68. The van der Waals surface area contributed by atoms with E-state index in [0.717, 1.165) is 19.4 Å². The fourth-order valence-electron chi connectivity index (χ4n) is 2.77. The summed E-state index contributed by atoms with van der Waals surface area (Å²) in [4.78, 5) is 25.3. The van der Waals surface area contributed by atoms with Crippen molar-refractivity contribution in [1.82, 2.24) is 4.90 Å². The van der Waals surface area contributed by atoms with Crippen LogP contribution >= 0.6 is 0 Å². The van der Waals surface area contributed by atoms with E-state index in [2.05, 4.69) is 6.92 Å². The number of rotatable bonds is 12. The number of benzene rings is 1. The second kappa shape index (κ2) is 12.8. The predicted octanol–water partition coefficient (Wildman–Crippen LogP) is 4.46. The molecule has 0 bridgehead atoms. The molecule has 0 unspecified atom stereocenters. The summed E-state index contributed by atoms with van der Waals surface area (Å²) in [6.07, 6.45) is 10.4. The second-order valence-electron chi connectivity index (χ2n) is 6.71. The van der Waals surface area contributed by atoms with Gasteiger partial charge in [0.2, 0.25) is 11.7 Å². The highest BCUT2D eigenvalue weighted by molar-refractivity contribution is 5.91. The fraction of sp³-hybridized carbons (Fsp3) is 0.545. The summed E-state index contributed by atoms with van der Waals surface area (Å²) in [7, 11) is 4.77. The van der Waals surface area contributed by atoms with Gasteiger partial charge in [0.25, 0.3) is 0 Å². The van der Waals surface area contributed by atoms with Crippen LogP contribution in [-0.4, -0.2) is 44.6 Å². The van der Waals surface area contributed by atoms with E-state index in [1.54, 1.807) is 23.1 Å². The molecule has 0 spiro atoms. The number of likely N-dealkylation sites (N-methyl/N-ethyl adjacent to an activating group) is 1. The molecule has 1 amide bonds. The summed E-state index contributed by atoms with van der Waals surface area (Å²) < 4.78 is 15.7. The minimum atomic E-state index is -0.466. The molecular weight excluding hydrogens is 358 g/mol. The molecule has 0 fully saturated rings. The molecule has 0 aliphatic rings. The zero-order valence-corrected chi connectivity index (χ0v) is 17.7. The van der Waals surface area contributed by atoms with Crippen molar-refractivity contribution in [3.63, 3.8) is 0 Å². The summed E-state index contributed by atoms with van der Waals surface area (Å²) in [5.74, 6) is 0.423. The number of carbonyl (C=O) groups is 2. The lowest BCUT2D eigenvalue weighted by atomic mass is 10.1. The van der Waals surface area contributed by atoms with Crippen LogP contribution < -0.4 is 14.2 Å². The SMILES string of the molecule is CCCCCCCCN(C)C(=O)/C=C/c1cc(OC)c(OC(C)=O)c(OC)c1. The molecule has 0 heterocycles. The number of amides is 1. The van der Waals surface area contributed by atoms with Crippen LogP contribution in [0, 0.1) is 0 Å². The maximum atomic E-state index is 12.3. The van der Waals surface area contributed by atoms with Crippen molar-refractivity contribution in [3.8, 4) is 17.2 Å². The third-order valence-corrected chi connectivity index (χ3v) is 4.37. The first-order chi connectivity index (χ1) is 13.4. The minimum absolute atomic E-state index is 0.0597. The second-order valence-corrected chi connectivity index (χ2v) is 6.71. The first kappa shape index (κ1) is 23.5. The topological polar surface area (TPSA) is 65.1 Å². The Morgan fingerprint density at radius 3 is 2.11 bits per heavy atom. The molecule has 0 saturated heterocycles. The van der Waals surface area contributed by atoms with Gasteiger partial charge in [0.1, 0.15) is 0 Å². The average molecular weight is 392 g/mol. The van der Waals surface area contributed by atoms with Gasteiger partial charge in [-0.2, -0.15) is 0 Å². The van der Waals surface area contributed by atoms with E-state index in [0.29, 0.717) is 17.1 Å². The van der Waals surface area contributed by atoms with Crippen molar-refractivity contribution in [2.24, 2.45) is 0 Å². The summed E-state index contributed by atoms with van der Waals surface area (Å²) >= 11 is 0. The van der Waals surface area contributed by atoms with E-state index in [1.807, 2.05) is 7.05 Å². The summed E-state index contributed by atoms with van der Waals surface area (Å²) in [6.45, 7) is 4.26. The smallest absolute Gasteiger partial charge is 0.308 e. The molecule has 156 valence electrons. The molecule has 0 aromatic heterocycles. The maximum Gasteiger partial charge on any atom is 0.308 e. The Kier molecular flexibility index (Phi) is 10.8. The van der Waals surface area contributed by atoms with E-state index in [-0.39, 0.29) is 11.7 Å². The zero-order chi connectivity index (χ0) is 20.9. The van der Waals surface area contributed by atoms with Gasteiger partial charge in [0, 0.05) is 26.6 Å². The monoisotopic (exact) mass is 391 g/mol. The number of nitrogens with zero attached hydrogens (tertiary/aromatic N) is 1. The van der Waals surface area contributed by atoms with E-state index >= 15 is 0 Å². The van der Waals surface area contributed by atoms with E-state index in [4.69, 9.17) is 14.2 Å². The van der Waals surface area contributed by atoms with Crippen molar-refractivity contribution in [3.05, 3.63) is 23.8 Å². The Morgan fingerprint density at radius 2 is 1.57 bits per heavy atom. The van der Waals surface area contributed by atoms with Gasteiger partial charge in [-0.15, -0.1) is 0 Å². The van der Waals surface area contributed by atoms with Gasteiger partial charge in [-0.3, -0.25) is 9.59 Å². The van der Waals surface area contributed by atoms with Crippen molar-refractivity contribution in [2.75, 3.05) is 27.8 Å². The zero-order valence-electron chi connectivity index (χ0n) is 17.7. The van der Waals surface area contributed by atoms with Crippen LogP contribution in [0.25, 0.3) is 6.08 Å². The number of ether oxygens (including phenoxy) is 3. The van der Waals surface area contributed by atoms with Crippen molar-refractivity contribution >= 4 is 18.0 Å². The molecule has 0 aliphatic heterocycles. The Labute approximate surface area is 168 Å². The van der Waals surface area contributed by atoms with E-state index < -0.39 is 5.97 Å². The predicted molar refractivity (Wildman–Crippen MR) is 111 cm³/mol. The van der Waals surface area contributed by atoms with Crippen molar-refractivity contribution in [2.45, 2.75) is 52.4 Å². The molecule has 1 rings (SSSR count). The molecule has 0 aliphatic carbocycles. The number of esters is 1. The van der Waals surface area contributed by atoms with Crippen LogP contribution in [0.2, 0.25) is 0 Å². The summed E-state index contributed by atoms with van der Waals surface area (Å²) in [5.41, 5.74) is 0.714. The summed E-state index contributed by atoms with van der Waals surface area (Å²) in [6, 6.07) is 3.39. The van der Waals surface area contributed by atoms with Crippen molar-refractivity contribution < 1.29 is 23.8 Å². The Bertz CT molecular complexity index is 644. The molecule has 0 saturated carbocycles. The lowest BCUT2D eigenvalue weighted by molar-refractivity contribution is -0.132. The van der Waals surface area contributed by atoms with Crippen molar-refractivity contribution in [1.29, 1.82) is 0 Å². The molecule has 6 nitrogen and oxygen atoms in total. The fourth-order valence-corrected chi connectivity index (χ4v) is 2.77. The molecule has 0 radical (unpaired) electrons. The lowest BCUT2D eigenvalue weighted by Crippen LogP contribution is -2.25. The highest BCUT2D eigenvalue weighted by Gasteiger charge is 2.15. The van der Waals surface area contributed by atoms with Crippen LogP contribution in [0.3, 0.4) is 0 Å². The van der Waals surface area contributed by atoms with Crippen LogP contribution in [-0.2, 0) is 9.59 Å². The molecule has 1 aromatic rings. The Balaban J connectivity index is 2.71. The van der Waals surface area contributed by atoms with Crippen LogP contribution in [0.1, 0.15) is 57.9 Å². The first-order valence-corrected chi connectivity index (χ1v) is 9.80. The highest BCUT2D eigenvalue weighted by Crippen LogP contribution is 2.39. The molecule has 6 heteroatoms. The number of carbonyl (C=O) groups excluding carboxylic acids is 2. The molecular formula is C22H33NO5. The quantitative estimate of drug-likeness (QED) is 0.228. The number of hydrogen-bond acceptors (Lipinski definition) is 5. The van der Waals surface area contributed by atoms with Gasteiger partial charge in [-0.05, 0) is 30.2 Å². The van der Waals surface area contributed by atoms with Crippen LogP contribution in [0.4, 0.5) is 0 Å². The lowest BCUT2D eigenvalue weighted by Gasteiger charge is -2.15. The molecule has 0 atom stereocenters. The largest absolute Gasteiger partial charge is 0.493 e. The maximum absolute atomic E-state index is 12.3. The first-order valence-electron chi connectivity index (χ1n) is 9.80. The van der Waals surface area contributed by atoms with Gasteiger partial charge >= 0.3 is 5.97 Å². The van der Waals surface area contributed by atoms with Gasteiger partial charge < -0.3 is 19.1 Å². The van der Waals surface area contributed by atoms with Gasteiger partial charge in [-0.1, -0.05) is 39.0 Å². The third kappa shape index (κ3) is 8.03. The van der Waals surface area contributed by atoms with Crippen LogP contribution in [0.15, 0.2) is 18.2 Å². The Hall–Kier alpha value is -2.50. The normalized spacial score (nSPS) is 10.8. The van der Waals surface area contributed by atoms with Gasteiger partial charge in [0.05, 0.1) is 14.2 Å². The number of unbranched alkanes of at least 4 members (excludes halogenated alkanes) is 5. The molecule has 1 aromatic carbocycles. The Morgan fingerprint density at radius 1 is 1.00 bits per heavy atom.